The summed E-state index contributed by atoms with van der Waals surface area (Å²) >= 11 is 0. The van der Waals surface area contributed by atoms with Gasteiger partial charge >= 0.3 is 0 Å². The summed E-state index contributed by atoms with van der Waals surface area (Å²) in [6.45, 7) is 0. The molecule has 0 aliphatic heterocycles. The zero-order valence-corrected chi connectivity index (χ0v) is 7.29. The van der Waals surface area contributed by atoms with Gasteiger partial charge in [-0.25, -0.2) is 13.8 Å². The molecule has 0 unspecified atom stereocenters. The van der Waals surface area contributed by atoms with Crippen LogP contribution in [0.1, 0.15) is 17.6 Å². The number of hydrogen-bond acceptors (Lipinski definition) is 4. The molecule has 0 aliphatic carbocycles. The molecule has 0 bridgehead atoms. The molecule has 0 aliphatic rings. The largest absolute Gasteiger partial charge is 0.495 e. The molecule has 6 heteroatoms. The van der Waals surface area contributed by atoms with Gasteiger partial charge in [0, 0.05) is 6.20 Å². The van der Waals surface area contributed by atoms with E-state index in [0.29, 0.717) is 0 Å². The lowest BCUT2D eigenvalue weighted by molar-refractivity contribution is 0.146. The lowest BCUT2D eigenvalue weighted by Gasteiger charge is -2.09. The van der Waals surface area contributed by atoms with Gasteiger partial charge in [-0.05, 0) is 0 Å². The van der Waals surface area contributed by atoms with E-state index in [1.807, 2.05) is 0 Å². The fraction of sp³-hybridized carbons (Fsp3) is 0.250. The van der Waals surface area contributed by atoms with Crippen molar-refractivity contribution >= 4 is 5.82 Å². The number of aromatic nitrogens is 1. The number of pyridine rings is 1. The third kappa shape index (κ3) is 1.57. The van der Waals surface area contributed by atoms with E-state index in [1.165, 1.54) is 7.11 Å². The highest BCUT2D eigenvalue weighted by molar-refractivity contribution is 5.59. The lowest BCUT2D eigenvalue weighted by atomic mass is 10.1. The molecule has 0 fully saturated rings. The van der Waals surface area contributed by atoms with E-state index >= 15 is 0 Å². The van der Waals surface area contributed by atoms with Gasteiger partial charge in [0.1, 0.15) is 17.5 Å². The molecule has 0 saturated heterocycles. The smallest absolute Gasteiger partial charge is 0.268 e. The number of alkyl halides is 2. The second-order valence-electron chi connectivity index (χ2n) is 2.42. The number of nitrogens with two attached hydrogens (primary N) is 1. The summed E-state index contributed by atoms with van der Waals surface area (Å²) in [7, 11) is 1.20. The van der Waals surface area contributed by atoms with Gasteiger partial charge in [0.15, 0.2) is 5.75 Å². The van der Waals surface area contributed by atoms with Gasteiger partial charge in [-0.3, -0.25) is 0 Å². The second-order valence-corrected chi connectivity index (χ2v) is 2.42. The molecule has 0 spiro atoms. The van der Waals surface area contributed by atoms with Gasteiger partial charge in [0.05, 0.1) is 12.7 Å². The summed E-state index contributed by atoms with van der Waals surface area (Å²) in [5, 5.41) is 8.64. The normalized spacial score (nSPS) is 9.93. The SMILES string of the molecule is COc1c(C(F)F)cnc(N)c1C#N. The minimum Gasteiger partial charge on any atom is -0.495 e. The minimum atomic E-state index is -2.75. The summed E-state index contributed by atoms with van der Waals surface area (Å²) < 4.78 is 29.5. The average Bonchev–Trinajstić information content (AvgIpc) is 2.16. The van der Waals surface area contributed by atoms with Crippen molar-refractivity contribution in [1.82, 2.24) is 4.98 Å². The molecule has 1 aromatic heterocycles. The highest BCUT2D eigenvalue weighted by Gasteiger charge is 2.19. The Labute approximate surface area is 78.9 Å². The maximum atomic E-state index is 12.4. The number of nitrogen functional groups attached to an aromatic ring is 1. The highest BCUT2D eigenvalue weighted by atomic mass is 19.3. The van der Waals surface area contributed by atoms with E-state index in [1.54, 1.807) is 6.07 Å². The highest BCUT2D eigenvalue weighted by Crippen LogP contribution is 2.33. The van der Waals surface area contributed by atoms with Gasteiger partial charge < -0.3 is 10.5 Å². The van der Waals surface area contributed by atoms with Crippen LogP contribution in [0.4, 0.5) is 14.6 Å². The maximum Gasteiger partial charge on any atom is 0.268 e. The van der Waals surface area contributed by atoms with Crippen LogP contribution in [0.5, 0.6) is 5.75 Å². The van der Waals surface area contributed by atoms with Crippen molar-refractivity contribution in [2.45, 2.75) is 6.43 Å². The first kappa shape index (κ1) is 10.2. The Morgan fingerprint density at radius 3 is 2.71 bits per heavy atom. The van der Waals surface area contributed by atoms with Crippen molar-refractivity contribution in [2.24, 2.45) is 0 Å². The number of halogens is 2. The van der Waals surface area contributed by atoms with Crippen LogP contribution in [-0.2, 0) is 0 Å². The summed E-state index contributed by atoms with van der Waals surface area (Å²) in [6.07, 6.45) is -1.84. The van der Waals surface area contributed by atoms with E-state index < -0.39 is 12.0 Å². The average molecular weight is 199 g/mol. The molecule has 1 aromatic rings. The molecule has 1 rings (SSSR count). The topological polar surface area (TPSA) is 71.9 Å². The first-order valence-electron chi connectivity index (χ1n) is 3.62. The third-order valence-corrected chi connectivity index (χ3v) is 1.64. The van der Waals surface area contributed by atoms with Crippen molar-refractivity contribution in [3.05, 3.63) is 17.3 Å². The van der Waals surface area contributed by atoms with Crippen LogP contribution in [0, 0.1) is 11.3 Å². The first-order chi connectivity index (χ1) is 6.61. The fourth-order valence-corrected chi connectivity index (χ4v) is 1.01. The number of rotatable bonds is 2. The summed E-state index contributed by atoms with van der Waals surface area (Å²) in [5.74, 6) is -0.330. The number of ether oxygens (including phenoxy) is 1. The van der Waals surface area contributed by atoms with Crippen molar-refractivity contribution in [3.8, 4) is 11.8 Å². The molecular formula is C8H7F2N3O. The molecule has 2 N–H and O–H groups in total. The van der Waals surface area contributed by atoms with Gasteiger partial charge in [0.25, 0.3) is 6.43 Å². The standard InChI is InChI=1S/C8H7F2N3O/c1-14-6-4(2-11)8(12)13-3-5(6)7(9)10/h3,7H,1H3,(H2,12,13). The van der Waals surface area contributed by atoms with Gasteiger partial charge in [0.2, 0.25) is 0 Å². The Kier molecular flexibility index (Phi) is 2.82. The fourth-order valence-electron chi connectivity index (χ4n) is 1.01. The zero-order valence-electron chi connectivity index (χ0n) is 7.29. The molecule has 0 amide bonds. The molecule has 74 valence electrons. The Balaban J connectivity index is 3.42. The van der Waals surface area contributed by atoms with Crippen LogP contribution >= 0.6 is 0 Å². The van der Waals surface area contributed by atoms with E-state index in [0.717, 1.165) is 6.20 Å². The third-order valence-electron chi connectivity index (χ3n) is 1.64. The van der Waals surface area contributed by atoms with Gasteiger partial charge in [-0.1, -0.05) is 0 Å². The summed E-state index contributed by atoms with van der Waals surface area (Å²) in [4.78, 5) is 3.48. The molecule has 0 aromatic carbocycles. The Morgan fingerprint density at radius 2 is 2.29 bits per heavy atom. The molecule has 4 nitrogen and oxygen atoms in total. The Bertz CT molecular complexity index is 387. The van der Waals surface area contributed by atoms with Gasteiger partial charge in [-0.2, -0.15) is 5.26 Å². The second kappa shape index (κ2) is 3.87. The van der Waals surface area contributed by atoms with Gasteiger partial charge in [-0.15, -0.1) is 0 Å². The molecule has 0 atom stereocenters. The minimum absolute atomic E-state index is 0.117. The zero-order chi connectivity index (χ0) is 10.7. The monoisotopic (exact) mass is 199 g/mol. The van der Waals surface area contributed by atoms with Crippen molar-refractivity contribution in [2.75, 3.05) is 12.8 Å². The lowest BCUT2D eigenvalue weighted by Crippen LogP contribution is -2.02. The number of anilines is 1. The number of nitriles is 1. The Hall–Kier alpha value is -1.90. The molecular weight excluding hydrogens is 192 g/mol. The Morgan fingerprint density at radius 1 is 1.64 bits per heavy atom. The molecule has 14 heavy (non-hydrogen) atoms. The van der Waals surface area contributed by atoms with E-state index in [4.69, 9.17) is 11.0 Å². The summed E-state index contributed by atoms with van der Waals surface area (Å²) in [5.41, 5.74) is 4.72. The summed E-state index contributed by atoms with van der Waals surface area (Å²) in [6, 6.07) is 1.66. The van der Waals surface area contributed by atoms with Crippen LogP contribution in [-0.4, -0.2) is 12.1 Å². The van der Waals surface area contributed by atoms with Crippen LogP contribution < -0.4 is 10.5 Å². The van der Waals surface area contributed by atoms with E-state index in [9.17, 15) is 8.78 Å². The molecule has 0 saturated carbocycles. The van der Waals surface area contributed by atoms with Crippen molar-refractivity contribution < 1.29 is 13.5 Å². The number of nitrogens with zero attached hydrogens (tertiary/aromatic N) is 2. The predicted molar refractivity (Wildman–Crippen MR) is 44.9 cm³/mol. The van der Waals surface area contributed by atoms with E-state index in [2.05, 4.69) is 9.72 Å². The first-order valence-corrected chi connectivity index (χ1v) is 3.62. The number of methoxy groups -OCH3 is 1. The predicted octanol–water partition coefficient (Wildman–Crippen LogP) is 1.48. The van der Waals surface area contributed by atoms with Crippen molar-refractivity contribution in [3.63, 3.8) is 0 Å². The molecule has 1 heterocycles. The maximum absolute atomic E-state index is 12.4. The molecule has 0 radical (unpaired) electrons. The van der Waals surface area contributed by atoms with E-state index in [-0.39, 0.29) is 17.1 Å². The van der Waals surface area contributed by atoms with Crippen LogP contribution in [0.2, 0.25) is 0 Å². The quantitative estimate of drug-likeness (QED) is 0.782. The van der Waals surface area contributed by atoms with Crippen LogP contribution in [0.25, 0.3) is 0 Å². The van der Waals surface area contributed by atoms with Crippen LogP contribution in [0.3, 0.4) is 0 Å². The number of hydrogen-bond donors (Lipinski definition) is 1. The van der Waals surface area contributed by atoms with Crippen molar-refractivity contribution in [1.29, 1.82) is 5.26 Å². The van der Waals surface area contributed by atoms with Crippen LogP contribution in [0.15, 0.2) is 6.20 Å².